The molecule has 1 heterocycles. The van der Waals surface area contributed by atoms with Crippen LogP contribution in [0.5, 0.6) is 5.75 Å². The molecule has 0 fully saturated rings. The Morgan fingerprint density at radius 3 is 2.58 bits per heavy atom. The van der Waals surface area contributed by atoms with E-state index in [2.05, 4.69) is 26.2 Å². The number of benzene rings is 2. The molecule has 0 aliphatic rings. The largest absolute Gasteiger partial charge is 0.493 e. The minimum atomic E-state index is -4.55. The van der Waals surface area contributed by atoms with Crippen LogP contribution in [-0.4, -0.2) is 24.2 Å². The molecule has 3 rings (SSSR count). The molecule has 0 unspecified atom stereocenters. The van der Waals surface area contributed by atoms with Crippen LogP contribution in [0.1, 0.15) is 29.8 Å². The van der Waals surface area contributed by atoms with E-state index in [-0.39, 0.29) is 28.6 Å². The Kier molecular flexibility index (Phi) is 6.96. The van der Waals surface area contributed by atoms with Gasteiger partial charge in [0, 0.05) is 17.6 Å². The molecule has 3 aromatic rings. The maximum Gasteiger partial charge on any atom is 0.416 e. The Morgan fingerprint density at radius 1 is 1.19 bits per heavy atom. The highest BCUT2D eigenvalue weighted by Gasteiger charge is 2.31. The number of esters is 1. The molecule has 1 aromatic heterocycles. The average Bonchev–Trinajstić information content (AvgIpc) is 2.70. The van der Waals surface area contributed by atoms with Gasteiger partial charge in [-0.3, -0.25) is 4.98 Å². The van der Waals surface area contributed by atoms with Gasteiger partial charge < -0.3 is 14.8 Å². The van der Waals surface area contributed by atoms with E-state index in [1.165, 1.54) is 6.20 Å². The van der Waals surface area contributed by atoms with Gasteiger partial charge in [-0.15, -0.1) is 0 Å². The molecular weight excluding hydrogens is 501 g/mol. The smallest absolute Gasteiger partial charge is 0.416 e. The number of halogens is 5. The molecule has 2 aromatic carbocycles. The van der Waals surface area contributed by atoms with Crippen LogP contribution in [0.25, 0.3) is 10.9 Å². The van der Waals surface area contributed by atoms with Gasteiger partial charge in [0.2, 0.25) is 0 Å². The number of nitrogens with one attached hydrogen (secondary N) is 1. The molecule has 0 spiro atoms. The lowest BCUT2D eigenvalue weighted by Gasteiger charge is -2.17. The number of rotatable bonds is 6. The van der Waals surface area contributed by atoms with Gasteiger partial charge in [-0.05, 0) is 54.0 Å². The molecule has 0 amide bonds. The topological polar surface area (TPSA) is 60.5 Å². The molecule has 0 radical (unpaired) electrons. The fraction of sp³-hybridized carbons (Fsp3) is 0.238. The number of nitrogens with zero attached hydrogens (tertiary/aromatic N) is 1. The van der Waals surface area contributed by atoms with E-state index >= 15 is 0 Å². The average molecular weight is 518 g/mol. The van der Waals surface area contributed by atoms with Crippen LogP contribution >= 0.6 is 27.5 Å². The van der Waals surface area contributed by atoms with Crippen LogP contribution in [0.4, 0.5) is 24.5 Å². The number of carbonyl (C=O) groups is 1. The van der Waals surface area contributed by atoms with Gasteiger partial charge in [0.25, 0.3) is 0 Å². The van der Waals surface area contributed by atoms with Gasteiger partial charge in [-0.2, -0.15) is 13.2 Å². The van der Waals surface area contributed by atoms with Crippen LogP contribution in [0, 0.1) is 0 Å². The zero-order chi connectivity index (χ0) is 22.8. The van der Waals surface area contributed by atoms with E-state index in [9.17, 15) is 18.0 Å². The van der Waals surface area contributed by atoms with Crippen molar-refractivity contribution in [2.24, 2.45) is 0 Å². The minimum Gasteiger partial charge on any atom is -0.493 e. The Bertz CT molecular complexity index is 1140. The Hall–Kier alpha value is -2.52. The fourth-order valence-corrected chi connectivity index (χ4v) is 3.51. The molecule has 0 atom stereocenters. The van der Waals surface area contributed by atoms with Gasteiger partial charge in [0.1, 0.15) is 11.3 Å². The lowest BCUT2D eigenvalue weighted by molar-refractivity contribution is -0.137. The normalized spacial score (nSPS) is 11.5. The molecule has 31 heavy (non-hydrogen) atoms. The van der Waals surface area contributed by atoms with E-state index in [1.807, 2.05) is 6.92 Å². The molecule has 10 heteroatoms. The molecule has 0 saturated heterocycles. The SMILES string of the molecule is CCOC(=O)c1cnc2cc(OCC)c(Br)cc2c1Nc1cc(C(F)(F)F)ccc1Cl. The summed E-state index contributed by atoms with van der Waals surface area (Å²) in [6, 6.07) is 6.24. The first-order valence-electron chi connectivity index (χ1n) is 9.21. The first-order chi connectivity index (χ1) is 14.7. The summed E-state index contributed by atoms with van der Waals surface area (Å²) in [5, 5.41) is 3.40. The lowest BCUT2D eigenvalue weighted by Crippen LogP contribution is -2.10. The van der Waals surface area contributed by atoms with E-state index in [4.69, 9.17) is 21.1 Å². The molecule has 1 N–H and O–H groups in total. The van der Waals surface area contributed by atoms with Crippen molar-refractivity contribution in [3.8, 4) is 5.75 Å². The third kappa shape index (κ3) is 5.04. The van der Waals surface area contributed by atoms with Crippen molar-refractivity contribution in [2.75, 3.05) is 18.5 Å². The van der Waals surface area contributed by atoms with Crippen molar-refractivity contribution in [1.82, 2.24) is 4.98 Å². The first-order valence-corrected chi connectivity index (χ1v) is 10.4. The summed E-state index contributed by atoms with van der Waals surface area (Å²) in [6.45, 7) is 4.02. The molecule has 5 nitrogen and oxygen atoms in total. The van der Waals surface area contributed by atoms with Crippen molar-refractivity contribution in [2.45, 2.75) is 20.0 Å². The maximum absolute atomic E-state index is 13.2. The second kappa shape index (κ2) is 9.32. The van der Waals surface area contributed by atoms with Crippen molar-refractivity contribution in [3.05, 3.63) is 57.2 Å². The van der Waals surface area contributed by atoms with Crippen LogP contribution in [0.2, 0.25) is 5.02 Å². The highest BCUT2D eigenvalue weighted by molar-refractivity contribution is 9.10. The number of pyridine rings is 1. The van der Waals surface area contributed by atoms with Crippen LogP contribution in [-0.2, 0) is 10.9 Å². The number of fused-ring (bicyclic) bond motifs is 1. The number of ether oxygens (including phenoxy) is 2. The Balaban J connectivity index is 2.22. The molecule has 0 saturated carbocycles. The number of aromatic nitrogens is 1. The standard InChI is InChI=1S/C21H17BrClF3N2O3/c1-3-30-18-9-16-12(8-14(18)22)19(13(10-27-16)20(29)31-4-2)28-17-7-11(21(24,25)26)5-6-15(17)23/h5-10H,3-4H2,1-2H3,(H,27,28). The van der Waals surface area contributed by atoms with Crippen molar-refractivity contribution < 1.29 is 27.4 Å². The van der Waals surface area contributed by atoms with E-state index < -0.39 is 17.7 Å². The summed E-state index contributed by atoms with van der Waals surface area (Å²) in [7, 11) is 0. The third-order valence-electron chi connectivity index (χ3n) is 4.27. The maximum atomic E-state index is 13.2. The van der Waals surface area contributed by atoms with E-state index in [0.29, 0.717) is 27.7 Å². The third-order valence-corrected chi connectivity index (χ3v) is 5.22. The van der Waals surface area contributed by atoms with E-state index in [1.54, 1.807) is 19.1 Å². The first kappa shape index (κ1) is 23.1. The predicted molar refractivity (Wildman–Crippen MR) is 116 cm³/mol. The molecule has 0 bridgehead atoms. The van der Waals surface area contributed by atoms with Gasteiger partial charge >= 0.3 is 12.1 Å². The summed E-state index contributed by atoms with van der Waals surface area (Å²) in [5.41, 5.74) is -0.160. The number of anilines is 2. The Labute approximate surface area is 189 Å². The number of alkyl halides is 3. The monoisotopic (exact) mass is 516 g/mol. The number of hydrogen-bond donors (Lipinski definition) is 1. The van der Waals surface area contributed by atoms with Gasteiger partial charge in [-0.1, -0.05) is 11.6 Å². The van der Waals surface area contributed by atoms with Crippen molar-refractivity contribution >= 4 is 55.8 Å². The van der Waals surface area contributed by atoms with Crippen LogP contribution in [0.15, 0.2) is 41.0 Å². The number of hydrogen-bond acceptors (Lipinski definition) is 5. The highest BCUT2D eigenvalue weighted by atomic mass is 79.9. The van der Waals surface area contributed by atoms with Crippen LogP contribution < -0.4 is 10.1 Å². The molecule has 0 aliphatic heterocycles. The number of carbonyl (C=O) groups excluding carboxylic acids is 1. The minimum absolute atomic E-state index is 0.0143. The van der Waals surface area contributed by atoms with Crippen molar-refractivity contribution in [1.29, 1.82) is 0 Å². The summed E-state index contributed by atoms with van der Waals surface area (Å²) < 4.78 is 50.8. The zero-order valence-electron chi connectivity index (χ0n) is 16.4. The fourth-order valence-electron chi connectivity index (χ4n) is 2.89. The zero-order valence-corrected chi connectivity index (χ0v) is 18.8. The molecular formula is C21H17BrClF3N2O3. The summed E-state index contributed by atoms with van der Waals surface area (Å²) in [6.07, 6.45) is -3.26. The van der Waals surface area contributed by atoms with Crippen LogP contribution in [0.3, 0.4) is 0 Å². The highest BCUT2D eigenvalue weighted by Crippen LogP contribution is 2.39. The predicted octanol–water partition coefficient (Wildman–Crippen LogP) is 6.99. The van der Waals surface area contributed by atoms with Crippen molar-refractivity contribution in [3.63, 3.8) is 0 Å². The lowest BCUT2D eigenvalue weighted by atomic mass is 10.1. The Morgan fingerprint density at radius 2 is 1.94 bits per heavy atom. The van der Waals surface area contributed by atoms with Gasteiger partial charge in [0.15, 0.2) is 0 Å². The second-order valence-corrected chi connectivity index (χ2v) is 7.58. The summed E-state index contributed by atoms with van der Waals surface area (Å²) in [5.74, 6) is -0.137. The van der Waals surface area contributed by atoms with Gasteiger partial charge in [0.05, 0.1) is 45.2 Å². The second-order valence-electron chi connectivity index (χ2n) is 6.32. The molecule has 0 aliphatic carbocycles. The quantitative estimate of drug-likeness (QED) is 0.357. The molecule has 164 valence electrons. The van der Waals surface area contributed by atoms with Gasteiger partial charge in [-0.25, -0.2) is 4.79 Å². The summed E-state index contributed by atoms with van der Waals surface area (Å²) >= 11 is 9.56. The summed E-state index contributed by atoms with van der Waals surface area (Å²) in [4.78, 5) is 16.8. The van der Waals surface area contributed by atoms with E-state index in [0.717, 1.165) is 18.2 Å².